The van der Waals surface area contributed by atoms with Gasteiger partial charge in [0.05, 0.1) is 34.2 Å². The summed E-state index contributed by atoms with van der Waals surface area (Å²) in [6, 6.07) is 36.4. The van der Waals surface area contributed by atoms with Gasteiger partial charge in [-0.25, -0.2) is 9.97 Å². The van der Waals surface area contributed by atoms with E-state index in [-0.39, 0.29) is 0 Å². The summed E-state index contributed by atoms with van der Waals surface area (Å²) in [6.07, 6.45) is 7.34. The molecule has 0 radical (unpaired) electrons. The van der Waals surface area contributed by atoms with Crippen LogP contribution < -0.4 is 0 Å². The second-order valence-electron chi connectivity index (χ2n) is 10.6. The summed E-state index contributed by atoms with van der Waals surface area (Å²) in [7, 11) is 0. The van der Waals surface area contributed by atoms with Gasteiger partial charge < -0.3 is 0 Å². The molecule has 5 heterocycles. The molecule has 44 heavy (non-hydrogen) atoms. The molecular formula is C36H34N8. The van der Waals surface area contributed by atoms with Crippen molar-refractivity contribution in [2.45, 2.75) is 39.3 Å². The van der Waals surface area contributed by atoms with Crippen molar-refractivity contribution >= 4 is 0 Å². The van der Waals surface area contributed by atoms with Crippen LogP contribution in [0.2, 0.25) is 0 Å². The Morgan fingerprint density at radius 3 is 1.05 bits per heavy atom. The van der Waals surface area contributed by atoms with Gasteiger partial charge in [0.25, 0.3) is 0 Å². The van der Waals surface area contributed by atoms with E-state index in [1.165, 1.54) is 0 Å². The van der Waals surface area contributed by atoms with Crippen LogP contribution in [0.1, 0.15) is 34.2 Å². The largest absolute Gasteiger partial charge is 0.286 e. The van der Waals surface area contributed by atoms with Crippen LogP contribution in [0.15, 0.2) is 134 Å². The van der Waals surface area contributed by atoms with Crippen LogP contribution in [0.4, 0.5) is 0 Å². The molecule has 6 rings (SSSR count). The minimum absolute atomic E-state index is 0.614. The Morgan fingerprint density at radius 1 is 0.364 bits per heavy atom. The highest BCUT2D eigenvalue weighted by Gasteiger charge is 2.16. The molecule has 0 aliphatic heterocycles. The van der Waals surface area contributed by atoms with Crippen LogP contribution in [-0.4, -0.2) is 39.7 Å². The van der Waals surface area contributed by atoms with Crippen molar-refractivity contribution in [1.29, 1.82) is 0 Å². The van der Waals surface area contributed by atoms with Crippen molar-refractivity contribution < 1.29 is 0 Å². The van der Waals surface area contributed by atoms with E-state index in [1.807, 2.05) is 91.5 Å². The van der Waals surface area contributed by atoms with Gasteiger partial charge in [0.15, 0.2) is 5.82 Å². The number of benzene rings is 1. The lowest BCUT2D eigenvalue weighted by Gasteiger charge is -2.24. The van der Waals surface area contributed by atoms with E-state index in [1.54, 1.807) is 0 Å². The Labute approximate surface area is 258 Å². The Balaban J connectivity index is 1.32. The SMILES string of the molecule is c1ccc(-c2nc(CN(Cc3ccccn3)Cc3ccccn3)cc(CN(Cc3ccccn3)Cc3ccccn3)n2)cc1. The Morgan fingerprint density at radius 2 is 0.705 bits per heavy atom. The lowest BCUT2D eigenvalue weighted by atomic mass is 10.2. The summed E-state index contributed by atoms with van der Waals surface area (Å²) >= 11 is 0. The minimum Gasteiger partial charge on any atom is -0.286 e. The van der Waals surface area contributed by atoms with Gasteiger partial charge in [-0.3, -0.25) is 29.7 Å². The molecule has 0 saturated carbocycles. The summed E-state index contributed by atoms with van der Waals surface area (Å²) in [5.41, 5.74) is 6.86. The molecule has 0 atom stereocenters. The molecule has 8 nitrogen and oxygen atoms in total. The van der Waals surface area contributed by atoms with E-state index in [0.29, 0.717) is 45.1 Å². The molecule has 0 N–H and O–H groups in total. The predicted octanol–water partition coefficient (Wildman–Crippen LogP) is 6.13. The van der Waals surface area contributed by atoms with Crippen molar-refractivity contribution in [3.8, 4) is 11.4 Å². The van der Waals surface area contributed by atoms with Gasteiger partial charge in [-0.2, -0.15) is 0 Å². The average molecular weight is 579 g/mol. The predicted molar refractivity (Wildman–Crippen MR) is 170 cm³/mol. The molecule has 0 amide bonds. The summed E-state index contributed by atoms with van der Waals surface area (Å²) in [4.78, 5) is 33.1. The van der Waals surface area contributed by atoms with Crippen molar-refractivity contribution in [3.63, 3.8) is 0 Å². The molecule has 1 aromatic carbocycles. The van der Waals surface area contributed by atoms with Crippen LogP contribution >= 0.6 is 0 Å². The first-order valence-electron chi connectivity index (χ1n) is 14.7. The van der Waals surface area contributed by atoms with Crippen LogP contribution in [0, 0.1) is 0 Å². The lowest BCUT2D eigenvalue weighted by molar-refractivity contribution is 0.233. The first-order chi connectivity index (χ1) is 21.8. The highest BCUT2D eigenvalue weighted by atomic mass is 15.2. The summed E-state index contributed by atoms with van der Waals surface area (Å²) in [5, 5.41) is 0. The fourth-order valence-corrected chi connectivity index (χ4v) is 5.11. The van der Waals surface area contributed by atoms with Crippen molar-refractivity contribution in [1.82, 2.24) is 39.7 Å². The van der Waals surface area contributed by atoms with Gasteiger partial charge in [0.2, 0.25) is 0 Å². The van der Waals surface area contributed by atoms with Crippen molar-refractivity contribution in [3.05, 3.63) is 168 Å². The van der Waals surface area contributed by atoms with Crippen molar-refractivity contribution in [2.75, 3.05) is 0 Å². The van der Waals surface area contributed by atoms with Gasteiger partial charge in [0.1, 0.15) is 0 Å². The maximum atomic E-state index is 5.07. The van der Waals surface area contributed by atoms with E-state index in [2.05, 4.69) is 72.2 Å². The zero-order valence-electron chi connectivity index (χ0n) is 24.5. The molecule has 0 aliphatic carbocycles. The fourth-order valence-electron chi connectivity index (χ4n) is 5.11. The zero-order valence-corrected chi connectivity index (χ0v) is 24.5. The van der Waals surface area contributed by atoms with Gasteiger partial charge in [-0.1, -0.05) is 54.6 Å². The summed E-state index contributed by atoms with van der Waals surface area (Å²) in [5.74, 6) is 0.712. The van der Waals surface area contributed by atoms with E-state index < -0.39 is 0 Å². The molecule has 5 aromatic heterocycles. The second-order valence-corrected chi connectivity index (χ2v) is 10.6. The van der Waals surface area contributed by atoms with Gasteiger partial charge in [0, 0.05) is 69.6 Å². The second kappa shape index (κ2) is 14.8. The third kappa shape index (κ3) is 8.44. The maximum Gasteiger partial charge on any atom is 0.159 e. The molecule has 0 aliphatic rings. The molecule has 218 valence electrons. The number of hydrogen-bond acceptors (Lipinski definition) is 8. The summed E-state index contributed by atoms with van der Waals surface area (Å²) < 4.78 is 0. The van der Waals surface area contributed by atoms with Crippen LogP contribution in [0.5, 0.6) is 0 Å². The van der Waals surface area contributed by atoms with E-state index >= 15 is 0 Å². The number of aromatic nitrogens is 6. The molecule has 0 saturated heterocycles. The van der Waals surface area contributed by atoms with Gasteiger partial charge >= 0.3 is 0 Å². The van der Waals surface area contributed by atoms with E-state index in [0.717, 1.165) is 39.7 Å². The number of hydrogen-bond donors (Lipinski definition) is 0. The van der Waals surface area contributed by atoms with E-state index in [4.69, 9.17) is 9.97 Å². The Bertz CT molecular complexity index is 1510. The highest BCUT2D eigenvalue weighted by Crippen LogP contribution is 2.20. The first kappa shape index (κ1) is 28.9. The third-order valence-corrected chi connectivity index (χ3v) is 7.08. The molecule has 6 aromatic rings. The molecule has 0 fully saturated rings. The number of pyridine rings is 4. The normalized spacial score (nSPS) is 11.2. The molecule has 0 bridgehead atoms. The molecule has 0 spiro atoms. The van der Waals surface area contributed by atoms with Crippen LogP contribution in [0.25, 0.3) is 11.4 Å². The van der Waals surface area contributed by atoms with Crippen LogP contribution in [0.3, 0.4) is 0 Å². The minimum atomic E-state index is 0.614. The van der Waals surface area contributed by atoms with Crippen molar-refractivity contribution in [2.24, 2.45) is 0 Å². The van der Waals surface area contributed by atoms with E-state index in [9.17, 15) is 0 Å². The monoisotopic (exact) mass is 578 g/mol. The molecule has 8 heteroatoms. The quantitative estimate of drug-likeness (QED) is 0.162. The third-order valence-electron chi connectivity index (χ3n) is 7.08. The molecule has 0 unspecified atom stereocenters. The smallest absolute Gasteiger partial charge is 0.159 e. The number of nitrogens with zero attached hydrogens (tertiary/aromatic N) is 8. The highest BCUT2D eigenvalue weighted by molar-refractivity contribution is 5.54. The lowest BCUT2D eigenvalue weighted by Crippen LogP contribution is -2.26. The zero-order chi connectivity index (χ0) is 29.8. The van der Waals surface area contributed by atoms with Gasteiger partial charge in [-0.15, -0.1) is 0 Å². The summed E-state index contributed by atoms with van der Waals surface area (Å²) in [6.45, 7) is 3.91. The van der Waals surface area contributed by atoms with Crippen LogP contribution in [-0.2, 0) is 39.3 Å². The topological polar surface area (TPSA) is 83.8 Å². The number of rotatable bonds is 13. The molecular weight excluding hydrogens is 544 g/mol. The first-order valence-corrected chi connectivity index (χ1v) is 14.7. The fraction of sp³-hybridized carbons (Fsp3) is 0.167. The Hall–Kier alpha value is -5.18. The van der Waals surface area contributed by atoms with Gasteiger partial charge in [-0.05, 0) is 54.6 Å². The maximum absolute atomic E-state index is 5.07. The Kier molecular flexibility index (Phi) is 9.74. The standard InChI is InChI=1S/C36H34N8/c1-2-12-29(13-3-1)36-41-34(27-43(23-30-14-4-8-18-37-30)24-31-15-5-9-19-38-31)22-35(42-36)28-44(25-32-16-6-10-20-39-32)26-33-17-7-11-21-40-33/h1-22H,23-28H2. The average Bonchev–Trinajstić information content (AvgIpc) is 3.07.